The van der Waals surface area contributed by atoms with Gasteiger partial charge < -0.3 is 15.0 Å². The van der Waals surface area contributed by atoms with Crippen LogP contribution in [-0.4, -0.2) is 33.0 Å². The van der Waals surface area contributed by atoms with Crippen LogP contribution in [0.25, 0.3) is 10.9 Å². The van der Waals surface area contributed by atoms with Crippen molar-refractivity contribution in [3.63, 3.8) is 0 Å². The van der Waals surface area contributed by atoms with E-state index in [1.807, 2.05) is 30.5 Å². The molecular weight excluding hydrogens is 462 g/mol. The number of nitrogens with one attached hydrogen (secondary N) is 3. The Kier molecular flexibility index (Phi) is 6.57. The van der Waals surface area contributed by atoms with Crippen molar-refractivity contribution >= 4 is 44.1 Å². The number of amides is 1. The fourth-order valence-electron chi connectivity index (χ4n) is 3.47. The van der Waals surface area contributed by atoms with E-state index in [0.717, 1.165) is 16.5 Å². The van der Waals surface area contributed by atoms with Gasteiger partial charge in [-0.3, -0.25) is 9.52 Å². The zero-order valence-corrected chi connectivity index (χ0v) is 19.3. The van der Waals surface area contributed by atoms with Gasteiger partial charge in [-0.2, -0.15) is 0 Å². The van der Waals surface area contributed by atoms with E-state index in [2.05, 4.69) is 15.0 Å². The van der Waals surface area contributed by atoms with Gasteiger partial charge in [0.2, 0.25) is 0 Å². The van der Waals surface area contributed by atoms with Crippen LogP contribution in [0.2, 0.25) is 5.02 Å². The SMILES string of the molecule is COc1ccc(NS(=O)(=O)c2cc(C(=O)NCCc3c[nH]c4ccccc34)ccc2Cl)cc1. The number of aromatic amines is 1. The van der Waals surface area contributed by atoms with Gasteiger partial charge in [0.15, 0.2) is 0 Å². The minimum Gasteiger partial charge on any atom is -0.497 e. The standard InChI is InChI=1S/C24H22ClN3O4S/c1-32-19-9-7-18(8-10-19)28-33(30,31)23-14-16(6-11-21(23)25)24(29)26-13-12-17-15-27-22-5-3-2-4-20(17)22/h2-11,14-15,27-28H,12-13H2,1H3,(H,26,29). The molecule has 9 heteroatoms. The van der Waals surface area contributed by atoms with E-state index in [0.29, 0.717) is 24.4 Å². The number of benzene rings is 3. The third-order valence-corrected chi connectivity index (χ3v) is 7.04. The molecule has 0 aliphatic rings. The zero-order valence-electron chi connectivity index (χ0n) is 17.8. The van der Waals surface area contributed by atoms with Gasteiger partial charge in [-0.25, -0.2) is 8.42 Å². The molecule has 1 heterocycles. The summed E-state index contributed by atoms with van der Waals surface area (Å²) >= 11 is 6.15. The van der Waals surface area contributed by atoms with Crippen LogP contribution >= 0.6 is 11.6 Å². The Bertz CT molecular complexity index is 1400. The first-order chi connectivity index (χ1) is 15.9. The number of para-hydroxylation sites is 1. The Morgan fingerprint density at radius 1 is 1.06 bits per heavy atom. The first-order valence-electron chi connectivity index (χ1n) is 10.2. The molecule has 1 amide bonds. The van der Waals surface area contributed by atoms with E-state index in [9.17, 15) is 13.2 Å². The van der Waals surface area contributed by atoms with Crippen LogP contribution in [0.1, 0.15) is 15.9 Å². The molecule has 4 rings (SSSR count). The number of fused-ring (bicyclic) bond motifs is 1. The smallest absolute Gasteiger partial charge is 0.263 e. The van der Waals surface area contributed by atoms with Crippen molar-refractivity contribution in [1.29, 1.82) is 0 Å². The molecule has 3 aromatic carbocycles. The first kappa shape index (κ1) is 22.7. The molecule has 0 aliphatic carbocycles. The molecule has 0 bridgehead atoms. The van der Waals surface area contributed by atoms with E-state index in [1.54, 1.807) is 24.3 Å². The molecule has 0 saturated heterocycles. The minimum atomic E-state index is -4.01. The fourth-order valence-corrected chi connectivity index (χ4v) is 5.06. The molecule has 0 spiro atoms. The molecule has 0 atom stereocenters. The molecule has 0 unspecified atom stereocenters. The lowest BCUT2D eigenvalue weighted by molar-refractivity contribution is 0.0954. The maximum absolute atomic E-state index is 12.9. The Hall–Kier alpha value is -3.49. The summed E-state index contributed by atoms with van der Waals surface area (Å²) in [4.78, 5) is 15.7. The normalized spacial score (nSPS) is 11.3. The van der Waals surface area contributed by atoms with Crippen molar-refractivity contribution in [2.24, 2.45) is 0 Å². The molecule has 0 aliphatic heterocycles. The number of carbonyl (C=O) groups excluding carboxylic acids is 1. The third-order valence-electron chi connectivity index (χ3n) is 5.18. The average molecular weight is 484 g/mol. The lowest BCUT2D eigenvalue weighted by Gasteiger charge is -2.12. The number of anilines is 1. The topological polar surface area (TPSA) is 100 Å². The number of sulfonamides is 1. The van der Waals surface area contributed by atoms with Crippen molar-refractivity contribution in [3.8, 4) is 5.75 Å². The number of methoxy groups -OCH3 is 1. The predicted octanol–water partition coefficient (Wildman–Crippen LogP) is 4.60. The van der Waals surface area contributed by atoms with Gasteiger partial charge in [-0.05, 0) is 60.5 Å². The van der Waals surface area contributed by atoms with Gasteiger partial charge in [0.05, 0.1) is 12.1 Å². The van der Waals surface area contributed by atoms with E-state index in [1.165, 1.54) is 25.3 Å². The number of carbonyl (C=O) groups is 1. The highest BCUT2D eigenvalue weighted by Gasteiger charge is 2.20. The van der Waals surface area contributed by atoms with Gasteiger partial charge in [-0.1, -0.05) is 29.8 Å². The summed E-state index contributed by atoms with van der Waals surface area (Å²) in [5.74, 6) is 0.217. The van der Waals surface area contributed by atoms with Crippen molar-refractivity contribution in [2.45, 2.75) is 11.3 Å². The summed E-state index contributed by atoms with van der Waals surface area (Å²) < 4.78 is 33.3. The molecule has 7 nitrogen and oxygen atoms in total. The van der Waals surface area contributed by atoms with Crippen molar-refractivity contribution in [3.05, 3.63) is 89.1 Å². The summed E-state index contributed by atoms with van der Waals surface area (Å²) in [7, 11) is -2.48. The predicted molar refractivity (Wildman–Crippen MR) is 130 cm³/mol. The second-order valence-electron chi connectivity index (χ2n) is 7.34. The average Bonchev–Trinajstić information content (AvgIpc) is 3.22. The summed E-state index contributed by atoms with van der Waals surface area (Å²) in [5.41, 5.74) is 2.68. The second-order valence-corrected chi connectivity index (χ2v) is 9.40. The number of rotatable bonds is 8. The number of aromatic nitrogens is 1. The van der Waals surface area contributed by atoms with E-state index in [4.69, 9.17) is 16.3 Å². The highest BCUT2D eigenvalue weighted by Crippen LogP contribution is 2.26. The van der Waals surface area contributed by atoms with Gasteiger partial charge in [0.25, 0.3) is 15.9 Å². The number of hydrogen-bond acceptors (Lipinski definition) is 4. The summed E-state index contributed by atoms with van der Waals surface area (Å²) in [6, 6.07) is 18.5. The van der Waals surface area contributed by atoms with Gasteiger partial charge in [0, 0.05) is 34.9 Å². The van der Waals surface area contributed by atoms with Crippen LogP contribution in [0, 0.1) is 0 Å². The molecule has 3 N–H and O–H groups in total. The van der Waals surface area contributed by atoms with Crippen LogP contribution in [-0.2, 0) is 16.4 Å². The number of halogens is 1. The number of ether oxygens (including phenoxy) is 1. The molecule has 0 radical (unpaired) electrons. The molecule has 170 valence electrons. The number of hydrogen-bond donors (Lipinski definition) is 3. The van der Waals surface area contributed by atoms with E-state index in [-0.39, 0.29) is 21.4 Å². The van der Waals surface area contributed by atoms with Crippen molar-refractivity contribution in [2.75, 3.05) is 18.4 Å². The Balaban J connectivity index is 1.45. The second kappa shape index (κ2) is 9.56. The summed E-state index contributed by atoms with van der Waals surface area (Å²) in [6.07, 6.45) is 2.56. The maximum atomic E-state index is 12.9. The molecule has 33 heavy (non-hydrogen) atoms. The van der Waals surface area contributed by atoms with Crippen LogP contribution in [0.4, 0.5) is 5.69 Å². The lowest BCUT2D eigenvalue weighted by Crippen LogP contribution is -2.26. The quantitative estimate of drug-likeness (QED) is 0.341. The fraction of sp³-hybridized carbons (Fsp3) is 0.125. The van der Waals surface area contributed by atoms with Crippen LogP contribution in [0.15, 0.2) is 77.8 Å². The highest BCUT2D eigenvalue weighted by molar-refractivity contribution is 7.92. The molecule has 4 aromatic rings. The van der Waals surface area contributed by atoms with E-state index < -0.39 is 10.0 Å². The van der Waals surface area contributed by atoms with E-state index >= 15 is 0 Å². The molecule has 0 fully saturated rings. The van der Waals surface area contributed by atoms with Crippen LogP contribution in [0.5, 0.6) is 5.75 Å². The van der Waals surface area contributed by atoms with Gasteiger partial charge in [-0.15, -0.1) is 0 Å². The Morgan fingerprint density at radius 3 is 2.58 bits per heavy atom. The van der Waals surface area contributed by atoms with Gasteiger partial charge in [0.1, 0.15) is 10.6 Å². The van der Waals surface area contributed by atoms with Crippen molar-refractivity contribution < 1.29 is 17.9 Å². The minimum absolute atomic E-state index is 0.0198. The first-order valence-corrected chi connectivity index (χ1v) is 12.0. The Morgan fingerprint density at radius 2 is 1.82 bits per heavy atom. The third kappa shape index (κ3) is 5.13. The van der Waals surface area contributed by atoms with Crippen molar-refractivity contribution in [1.82, 2.24) is 10.3 Å². The zero-order chi connectivity index (χ0) is 23.4. The van der Waals surface area contributed by atoms with Gasteiger partial charge >= 0.3 is 0 Å². The summed E-state index contributed by atoms with van der Waals surface area (Å²) in [5, 5.41) is 3.96. The Labute approximate surface area is 196 Å². The monoisotopic (exact) mass is 483 g/mol. The molecule has 1 aromatic heterocycles. The van der Waals surface area contributed by atoms with Crippen LogP contribution in [0.3, 0.4) is 0 Å². The largest absolute Gasteiger partial charge is 0.497 e. The molecular formula is C24H22ClN3O4S. The molecule has 0 saturated carbocycles. The highest BCUT2D eigenvalue weighted by atomic mass is 35.5. The maximum Gasteiger partial charge on any atom is 0.263 e. The lowest BCUT2D eigenvalue weighted by atomic mass is 10.1. The van der Waals surface area contributed by atoms with Crippen LogP contribution < -0.4 is 14.8 Å². The number of H-pyrrole nitrogens is 1. The summed E-state index contributed by atoms with van der Waals surface area (Å²) in [6.45, 7) is 0.398.